The summed E-state index contributed by atoms with van der Waals surface area (Å²) in [6, 6.07) is 11.5. The van der Waals surface area contributed by atoms with E-state index in [1.165, 1.54) is 30.5 Å². The summed E-state index contributed by atoms with van der Waals surface area (Å²) in [5.74, 6) is 2.46. The number of fused-ring (bicyclic) bond motifs is 1. The molecule has 2 aromatic rings. The smallest absolute Gasteiger partial charge is 0.161 e. The third-order valence-electron chi connectivity index (χ3n) is 6.30. The van der Waals surface area contributed by atoms with Crippen LogP contribution in [0.15, 0.2) is 39.3 Å². The Labute approximate surface area is 195 Å². The maximum absolute atomic E-state index is 5.55. The van der Waals surface area contributed by atoms with Gasteiger partial charge in [0.2, 0.25) is 0 Å². The molecule has 7 heteroatoms. The molecule has 0 bridgehead atoms. The van der Waals surface area contributed by atoms with Gasteiger partial charge in [-0.3, -0.25) is 4.90 Å². The van der Waals surface area contributed by atoms with Crippen molar-refractivity contribution in [3.63, 3.8) is 0 Å². The van der Waals surface area contributed by atoms with E-state index >= 15 is 0 Å². The third-order valence-corrected chi connectivity index (χ3v) is 7.55. The van der Waals surface area contributed by atoms with Crippen LogP contribution >= 0.6 is 31.9 Å². The van der Waals surface area contributed by atoms with Gasteiger partial charge >= 0.3 is 0 Å². The van der Waals surface area contributed by atoms with Crippen molar-refractivity contribution in [2.24, 2.45) is 0 Å². The van der Waals surface area contributed by atoms with Crippen molar-refractivity contribution in [1.82, 2.24) is 4.90 Å². The van der Waals surface area contributed by atoms with Gasteiger partial charge in [-0.05, 0) is 74.9 Å². The van der Waals surface area contributed by atoms with E-state index in [9.17, 15) is 0 Å². The first kappa shape index (κ1) is 21.8. The number of piperazine rings is 1. The molecule has 0 N–H and O–H groups in total. The lowest BCUT2D eigenvalue weighted by atomic mass is 9.89. The fourth-order valence-corrected chi connectivity index (χ4v) is 6.21. The van der Waals surface area contributed by atoms with E-state index in [0.717, 1.165) is 45.8 Å². The van der Waals surface area contributed by atoms with Gasteiger partial charge in [0.25, 0.3) is 0 Å². The van der Waals surface area contributed by atoms with E-state index in [1.807, 2.05) is 6.07 Å². The van der Waals surface area contributed by atoms with Crippen LogP contribution < -0.4 is 19.1 Å². The Kier molecular flexibility index (Phi) is 6.80. The fourth-order valence-electron chi connectivity index (χ4n) is 4.80. The van der Waals surface area contributed by atoms with Crippen molar-refractivity contribution in [3.05, 3.63) is 44.8 Å². The van der Waals surface area contributed by atoms with Crippen LogP contribution in [0.5, 0.6) is 17.2 Å². The van der Waals surface area contributed by atoms with Gasteiger partial charge in [-0.1, -0.05) is 6.07 Å². The second-order valence-electron chi connectivity index (χ2n) is 7.84. The summed E-state index contributed by atoms with van der Waals surface area (Å²) in [5, 5.41) is 0. The van der Waals surface area contributed by atoms with Crippen LogP contribution in [-0.4, -0.2) is 51.9 Å². The standard InChI is InChI=1S/C23H28Br2N2O3/c1-28-21-8-7-15(11-23(21)30-3)19-6-4-5-16-14-26(9-10-27(16)19)20-13-22(29-2)18(25)12-17(20)24/h7-8,11-13,16,19H,4-6,9-10,14H2,1-3H3/t16-,19+/m0/s1. The highest BCUT2D eigenvalue weighted by Crippen LogP contribution is 2.42. The van der Waals surface area contributed by atoms with E-state index < -0.39 is 0 Å². The number of methoxy groups -OCH3 is 3. The topological polar surface area (TPSA) is 34.2 Å². The first-order valence-corrected chi connectivity index (χ1v) is 11.9. The highest BCUT2D eigenvalue weighted by atomic mass is 79.9. The Balaban J connectivity index is 1.55. The van der Waals surface area contributed by atoms with Crippen LogP contribution in [0.3, 0.4) is 0 Å². The highest BCUT2D eigenvalue weighted by molar-refractivity contribution is 9.11. The summed E-state index contributed by atoms with van der Waals surface area (Å²) in [6.07, 6.45) is 3.65. The summed E-state index contributed by atoms with van der Waals surface area (Å²) < 4.78 is 18.6. The molecular weight excluding hydrogens is 512 g/mol. The van der Waals surface area contributed by atoms with Crippen molar-refractivity contribution in [1.29, 1.82) is 0 Å². The predicted molar refractivity (Wildman–Crippen MR) is 127 cm³/mol. The number of nitrogens with zero attached hydrogens (tertiary/aromatic N) is 2. The first-order valence-electron chi connectivity index (χ1n) is 10.3. The van der Waals surface area contributed by atoms with E-state index in [-0.39, 0.29) is 0 Å². The molecule has 2 aliphatic rings. The number of hydrogen-bond acceptors (Lipinski definition) is 5. The number of piperidine rings is 1. The number of anilines is 1. The molecule has 30 heavy (non-hydrogen) atoms. The summed E-state index contributed by atoms with van der Waals surface area (Å²) in [5.41, 5.74) is 2.51. The summed E-state index contributed by atoms with van der Waals surface area (Å²) in [6.45, 7) is 3.05. The Morgan fingerprint density at radius 2 is 1.60 bits per heavy atom. The normalized spacial score (nSPS) is 21.8. The quantitative estimate of drug-likeness (QED) is 0.490. The van der Waals surface area contributed by atoms with E-state index in [2.05, 4.69) is 65.9 Å². The lowest BCUT2D eigenvalue weighted by molar-refractivity contribution is 0.0714. The third kappa shape index (κ3) is 4.16. The largest absolute Gasteiger partial charge is 0.495 e. The van der Waals surface area contributed by atoms with Crippen molar-refractivity contribution < 1.29 is 14.2 Å². The zero-order chi connectivity index (χ0) is 21.3. The van der Waals surface area contributed by atoms with Gasteiger partial charge in [0.1, 0.15) is 5.75 Å². The molecule has 0 amide bonds. The van der Waals surface area contributed by atoms with E-state index in [4.69, 9.17) is 14.2 Å². The van der Waals surface area contributed by atoms with E-state index in [1.54, 1.807) is 21.3 Å². The Bertz CT molecular complexity index is 908. The Morgan fingerprint density at radius 3 is 2.33 bits per heavy atom. The lowest BCUT2D eigenvalue weighted by Gasteiger charge is -2.49. The van der Waals surface area contributed by atoms with Crippen LogP contribution in [0, 0.1) is 0 Å². The minimum absolute atomic E-state index is 0.425. The van der Waals surface area contributed by atoms with Gasteiger partial charge in [-0.15, -0.1) is 0 Å². The molecule has 2 fully saturated rings. The van der Waals surface area contributed by atoms with Gasteiger partial charge < -0.3 is 19.1 Å². The van der Waals surface area contributed by atoms with Gasteiger partial charge in [-0.2, -0.15) is 0 Å². The fraction of sp³-hybridized carbons (Fsp3) is 0.478. The molecule has 2 aliphatic heterocycles. The SMILES string of the molecule is COc1cc(N2CCN3[C@@H](CCC[C@@H]3c3ccc(OC)c(OC)c3)C2)c(Br)cc1Br. The van der Waals surface area contributed by atoms with Crippen molar-refractivity contribution in [2.75, 3.05) is 45.9 Å². The molecular formula is C23H28Br2N2O3. The maximum atomic E-state index is 5.55. The molecule has 0 spiro atoms. The molecule has 0 aliphatic carbocycles. The minimum Gasteiger partial charge on any atom is -0.495 e. The van der Waals surface area contributed by atoms with Crippen molar-refractivity contribution >= 4 is 37.5 Å². The van der Waals surface area contributed by atoms with Gasteiger partial charge in [-0.25, -0.2) is 0 Å². The summed E-state index contributed by atoms with van der Waals surface area (Å²) in [4.78, 5) is 5.17. The highest BCUT2D eigenvalue weighted by Gasteiger charge is 2.36. The number of rotatable bonds is 5. The molecule has 4 rings (SSSR count). The Hall–Kier alpha value is -1.44. The van der Waals surface area contributed by atoms with Crippen LogP contribution in [0.1, 0.15) is 30.9 Å². The van der Waals surface area contributed by atoms with Gasteiger partial charge in [0.05, 0.1) is 31.5 Å². The van der Waals surface area contributed by atoms with Crippen LogP contribution in [0.4, 0.5) is 5.69 Å². The molecule has 2 heterocycles. The molecule has 0 saturated carbocycles. The number of hydrogen-bond donors (Lipinski definition) is 0. The number of halogens is 2. The average molecular weight is 540 g/mol. The van der Waals surface area contributed by atoms with Gasteiger partial charge in [0.15, 0.2) is 11.5 Å². The van der Waals surface area contributed by atoms with Crippen molar-refractivity contribution in [3.8, 4) is 17.2 Å². The minimum atomic E-state index is 0.425. The number of ether oxygens (including phenoxy) is 3. The molecule has 162 valence electrons. The van der Waals surface area contributed by atoms with Crippen LogP contribution in [-0.2, 0) is 0 Å². The molecule has 5 nitrogen and oxygen atoms in total. The zero-order valence-electron chi connectivity index (χ0n) is 17.7. The monoisotopic (exact) mass is 538 g/mol. The Morgan fingerprint density at radius 1 is 0.833 bits per heavy atom. The molecule has 0 unspecified atom stereocenters. The maximum Gasteiger partial charge on any atom is 0.161 e. The van der Waals surface area contributed by atoms with Crippen molar-refractivity contribution in [2.45, 2.75) is 31.3 Å². The number of benzene rings is 2. The molecule has 2 atom stereocenters. The molecule has 2 aromatic carbocycles. The second kappa shape index (κ2) is 9.37. The van der Waals surface area contributed by atoms with Crippen LogP contribution in [0.25, 0.3) is 0 Å². The molecule has 0 radical (unpaired) electrons. The molecule has 2 saturated heterocycles. The summed E-state index contributed by atoms with van der Waals surface area (Å²) >= 11 is 7.32. The first-order chi connectivity index (χ1) is 14.5. The zero-order valence-corrected chi connectivity index (χ0v) is 20.8. The van der Waals surface area contributed by atoms with Crippen LogP contribution in [0.2, 0.25) is 0 Å². The predicted octanol–water partition coefficient (Wildman–Crippen LogP) is 5.65. The average Bonchev–Trinajstić information content (AvgIpc) is 2.78. The molecule has 0 aromatic heterocycles. The summed E-state index contributed by atoms with van der Waals surface area (Å²) in [7, 11) is 5.10. The second-order valence-corrected chi connectivity index (χ2v) is 9.55. The van der Waals surface area contributed by atoms with Gasteiger partial charge in [0, 0.05) is 42.3 Å². The van der Waals surface area contributed by atoms with E-state index in [0.29, 0.717) is 12.1 Å². The lowest BCUT2D eigenvalue weighted by Crippen LogP contribution is -2.55.